The summed E-state index contributed by atoms with van der Waals surface area (Å²) in [5.41, 5.74) is 1.93. The number of ether oxygens (including phenoxy) is 1. The molecule has 0 bridgehead atoms. The number of nitrogens with one attached hydrogen (secondary N) is 2. The fourth-order valence-corrected chi connectivity index (χ4v) is 3.86. The Bertz CT molecular complexity index is 981. The molecule has 5 nitrogen and oxygen atoms in total. The van der Waals surface area contributed by atoms with Crippen LogP contribution in [0, 0.1) is 0 Å². The second-order valence-electron chi connectivity index (χ2n) is 7.45. The number of anilines is 2. The Labute approximate surface area is 171 Å². The third kappa shape index (κ3) is 4.69. The molecule has 1 fully saturated rings. The van der Waals surface area contributed by atoms with Gasteiger partial charge in [0.05, 0.1) is 44.1 Å². The number of fused-ring (bicyclic) bond motifs is 1. The van der Waals surface area contributed by atoms with Gasteiger partial charge in [-0.15, -0.1) is 0 Å². The van der Waals surface area contributed by atoms with E-state index in [-0.39, 0.29) is 12.5 Å². The first-order chi connectivity index (χ1) is 14.2. The highest BCUT2D eigenvalue weighted by molar-refractivity contribution is 5.95. The standard InChI is InChI=1S/C24H27N3O2/c1-2-26-13-15-27(16-14-26)23-10-6-5-9-22(23)25-24(28)18-29-21-12-11-19-7-3-4-8-20(19)17-21/h3-12,17H,2,13-16,18H2,1H3,(H,25,28)/p+1. The van der Waals surface area contributed by atoms with E-state index in [1.54, 1.807) is 4.90 Å². The summed E-state index contributed by atoms with van der Waals surface area (Å²) in [6.07, 6.45) is 0. The van der Waals surface area contributed by atoms with Crippen molar-refractivity contribution in [2.75, 3.05) is 49.5 Å². The Kier molecular flexibility index (Phi) is 5.96. The number of rotatable bonds is 6. The predicted octanol–water partition coefficient (Wildman–Crippen LogP) is 2.58. The molecule has 0 atom stereocenters. The normalized spacial score (nSPS) is 14.7. The Balaban J connectivity index is 1.38. The van der Waals surface area contributed by atoms with Gasteiger partial charge in [0.1, 0.15) is 5.75 Å². The van der Waals surface area contributed by atoms with E-state index >= 15 is 0 Å². The van der Waals surface area contributed by atoms with Crippen molar-refractivity contribution < 1.29 is 14.4 Å². The van der Waals surface area contributed by atoms with E-state index in [9.17, 15) is 4.79 Å². The molecule has 3 aromatic carbocycles. The van der Waals surface area contributed by atoms with E-state index in [0.717, 1.165) is 48.3 Å². The summed E-state index contributed by atoms with van der Waals surface area (Å²) in [5, 5.41) is 5.28. The van der Waals surface area contributed by atoms with Gasteiger partial charge in [-0.3, -0.25) is 4.79 Å². The lowest BCUT2D eigenvalue weighted by Crippen LogP contribution is -3.14. The van der Waals surface area contributed by atoms with E-state index in [4.69, 9.17) is 4.74 Å². The number of carbonyl (C=O) groups is 1. The average molecular weight is 391 g/mol. The summed E-state index contributed by atoms with van der Waals surface area (Å²) in [5.74, 6) is 0.550. The van der Waals surface area contributed by atoms with Crippen LogP contribution < -0.4 is 19.9 Å². The van der Waals surface area contributed by atoms with Crippen molar-refractivity contribution in [3.05, 3.63) is 66.7 Å². The van der Waals surface area contributed by atoms with Crippen molar-refractivity contribution in [3.8, 4) is 5.75 Å². The number of nitrogens with zero attached hydrogens (tertiary/aromatic N) is 1. The van der Waals surface area contributed by atoms with Crippen LogP contribution in [0.1, 0.15) is 6.92 Å². The minimum Gasteiger partial charge on any atom is -0.484 e. The van der Waals surface area contributed by atoms with E-state index in [2.05, 4.69) is 29.3 Å². The van der Waals surface area contributed by atoms with Gasteiger partial charge < -0.3 is 19.9 Å². The van der Waals surface area contributed by atoms with Crippen molar-refractivity contribution in [2.24, 2.45) is 0 Å². The molecule has 4 rings (SSSR count). The highest BCUT2D eigenvalue weighted by Crippen LogP contribution is 2.26. The number of likely N-dealkylation sites (N-methyl/N-ethyl adjacent to an activating group) is 1. The Morgan fingerprint density at radius 1 is 1.00 bits per heavy atom. The zero-order valence-electron chi connectivity index (χ0n) is 16.9. The lowest BCUT2D eigenvalue weighted by molar-refractivity contribution is -0.898. The molecule has 0 aromatic heterocycles. The summed E-state index contributed by atoms with van der Waals surface area (Å²) in [6, 6.07) is 22.0. The SMILES string of the molecule is CC[NH+]1CCN(c2ccccc2NC(=O)COc2ccc3ccccc3c2)CC1. The molecule has 150 valence electrons. The smallest absolute Gasteiger partial charge is 0.262 e. The van der Waals surface area contributed by atoms with Crippen LogP contribution in [0.25, 0.3) is 10.8 Å². The zero-order valence-corrected chi connectivity index (χ0v) is 16.9. The van der Waals surface area contributed by atoms with Crippen LogP contribution in [0.4, 0.5) is 11.4 Å². The van der Waals surface area contributed by atoms with Gasteiger partial charge in [0.2, 0.25) is 0 Å². The van der Waals surface area contributed by atoms with Gasteiger partial charge in [0, 0.05) is 0 Å². The minimum absolute atomic E-state index is 0.0135. The fraction of sp³-hybridized carbons (Fsp3) is 0.292. The van der Waals surface area contributed by atoms with Gasteiger partial charge in [-0.25, -0.2) is 0 Å². The maximum absolute atomic E-state index is 12.5. The van der Waals surface area contributed by atoms with Crippen LogP contribution in [-0.4, -0.2) is 45.2 Å². The number of piperazine rings is 1. The molecule has 1 aliphatic rings. The van der Waals surface area contributed by atoms with Crippen molar-refractivity contribution in [3.63, 3.8) is 0 Å². The highest BCUT2D eigenvalue weighted by atomic mass is 16.5. The van der Waals surface area contributed by atoms with Gasteiger partial charge in [-0.2, -0.15) is 0 Å². The number of amides is 1. The van der Waals surface area contributed by atoms with Gasteiger partial charge in [0.15, 0.2) is 6.61 Å². The molecule has 0 spiro atoms. The topological polar surface area (TPSA) is 46.0 Å². The molecule has 2 N–H and O–H groups in total. The monoisotopic (exact) mass is 390 g/mol. The summed E-state index contributed by atoms with van der Waals surface area (Å²) in [4.78, 5) is 16.5. The molecule has 5 heteroatoms. The van der Waals surface area contributed by atoms with Gasteiger partial charge >= 0.3 is 0 Å². The van der Waals surface area contributed by atoms with Crippen LogP contribution in [0.15, 0.2) is 66.7 Å². The maximum atomic E-state index is 12.5. The maximum Gasteiger partial charge on any atom is 0.262 e. The Morgan fingerprint density at radius 2 is 1.72 bits per heavy atom. The Morgan fingerprint density at radius 3 is 2.52 bits per heavy atom. The molecule has 1 heterocycles. The summed E-state index contributed by atoms with van der Waals surface area (Å²) in [7, 11) is 0. The highest BCUT2D eigenvalue weighted by Gasteiger charge is 2.21. The molecule has 0 saturated carbocycles. The Hall–Kier alpha value is -3.05. The lowest BCUT2D eigenvalue weighted by atomic mass is 10.1. The summed E-state index contributed by atoms with van der Waals surface area (Å²) in [6.45, 7) is 7.65. The summed E-state index contributed by atoms with van der Waals surface area (Å²) < 4.78 is 5.73. The largest absolute Gasteiger partial charge is 0.484 e. The molecule has 1 saturated heterocycles. The van der Waals surface area contributed by atoms with Crippen molar-refractivity contribution in [2.45, 2.75) is 6.92 Å². The number of hydrogen-bond acceptors (Lipinski definition) is 3. The van der Waals surface area contributed by atoms with Crippen LogP contribution >= 0.6 is 0 Å². The van der Waals surface area contributed by atoms with Crippen molar-refractivity contribution in [1.82, 2.24) is 0 Å². The first kappa shape index (κ1) is 19.3. The molecular weight excluding hydrogens is 362 g/mol. The third-order valence-corrected chi connectivity index (χ3v) is 5.58. The third-order valence-electron chi connectivity index (χ3n) is 5.58. The first-order valence-electron chi connectivity index (χ1n) is 10.3. The van der Waals surface area contributed by atoms with Crippen LogP contribution in [0.3, 0.4) is 0 Å². The van der Waals surface area contributed by atoms with Crippen LogP contribution in [0.2, 0.25) is 0 Å². The van der Waals surface area contributed by atoms with Crippen molar-refractivity contribution in [1.29, 1.82) is 0 Å². The van der Waals surface area contributed by atoms with Gasteiger partial charge in [-0.1, -0.05) is 42.5 Å². The van der Waals surface area contributed by atoms with Crippen LogP contribution in [0.5, 0.6) is 5.75 Å². The quantitative estimate of drug-likeness (QED) is 0.680. The van der Waals surface area contributed by atoms with E-state index in [1.807, 2.05) is 54.6 Å². The van der Waals surface area contributed by atoms with Crippen molar-refractivity contribution >= 4 is 28.1 Å². The number of para-hydroxylation sites is 2. The zero-order chi connectivity index (χ0) is 20.1. The molecular formula is C24H28N3O2+. The minimum atomic E-state index is -0.150. The van der Waals surface area contributed by atoms with Gasteiger partial charge in [0.25, 0.3) is 5.91 Å². The molecule has 29 heavy (non-hydrogen) atoms. The second-order valence-corrected chi connectivity index (χ2v) is 7.45. The first-order valence-corrected chi connectivity index (χ1v) is 10.3. The summed E-state index contributed by atoms with van der Waals surface area (Å²) >= 11 is 0. The number of carbonyl (C=O) groups excluding carboxylic acids is 1. The molecule has 1 aliphatic heterocycles. The van der Waals surface area contributed by atoms with E-state index in [1.165, 1.54) is 6.54 Å². The fourth-order valence-electron chi connectivity index (χ4n) is 3.86. The number of quaternary nitrogens is 1. The number of benzene rings is 3. The lowest BCUT2D eigenvalue weighted by Gasteiger charge is -2.34. The molecule has 0 aliphatic carbocycles. The molecule has 1 amide bonds. The predicted molar refractivity (Wildman–Crippen MR) is 118 cm³/mol. The second kappa shape index (κ2) is 8.97. The van der Waals surface area contributed by atoms with E-state index in [0.29, 0.717) is 5.75 Å². The molecule has 0 unspecified atom stereocenters. The van der Waals surface area contributed by atoms with Gasteiger partial charge in [-0.05, 0) is 42.0 Å². The average Bonchev–Trinajstić information content (AvgIpc) is 2.78. The van der Waals surface area contributed by atoms with E-state index < -0.39 is 0 Å². The van der Waals surface area contributed by atoms with Crippen LogP contribution in [-0.2, 0) is 4.79 Å². The molecule has 0 radical (unpaired) electrons. The molecule has 3 aromatic rings. The number of hydrogen-bond donors (Lipinski definition) is 2.